The molecule has 1 aliphatic heterocycles. The van der Waals surface area contributed by atoms with E-state index in [1.807, 2.05) is 31.2 Å². The zero-order chi connectivity index (χ0) is 18.5. The van der Waals surface area contributed by atoms with E-state index in [0.717, 1.165) is 17.9 Å². The van der Waals surface area contributed by atoms with Crippen molar-refractivity contribution in [3.63, 3.8) is 0 Å². The molecule has 2 aromatic rings. The topological polar surface area (TPSA) is 58.6 Å². The Morgan fingerprint density at radius 3 is 2.73 bits per heavy atom. The summed E-state index contributed by atoms with van der Waals surface area (Å²) < 4.78 is 18.8. The Morgan fingerprint density at radius 2 is 2.04 bits per heavy atom. The molecule has 1 aliphatic rings. The van der Waals surface area contributed by atoms with E-state index in [1.165, 1.54) is 18.2 Å². The third kappa shape index (κ3) is 4.20. The van der Waals surface area contributed by atoms with E-state index in [-0.39, 0.29) is 18.2 Å². The fraction of sp³-hybridized carbons (Fsp3) is 0.300. The summed E-state index contributed by atoms with van der Waals surface area (Å²) in [6.07, 6.45) is 1.06. The number of amides is 2. The summed E-state index contributed by atoms with van der Waals surface area (Å²) in [6, 6.07) is 13.0. The number of nitrogens with one attached hydrogen (secondary N) is 1. The molecule has 0 saturated carbocycles. The summed E-state index contributed by atoms with van der Waals surface area (Å²) in [6.45, 7) is 2.98. The van der Waals surface area contributed by atoms with Gasteiger partial charge in [-0.2, -0.15) is 0 Å². The van der Waals surface area contributed by atoms with Crippen LogP contribution in [-0.2, 0) is 9.59 Å². The molecule has 1 atom stereocenters. The van der Waals surface area contributed by atoms with Crippen LogP contribution in [0.5, 0.6) is 5.75 Å². The number of ether oxygens (including phenoxy) is 1. The van der Waals surface area contributed by atoms with Crippen LogP contribution in [-0.4, -0.2) is 25.0 Å². The van der Waals surface area contributed by atoms with E-state index in [0.29, 0.717) is 18.8 Å². The molecule has 0 radical (unpaired) electrons. The Labute approximate surface area is 151 Å². The Morgan fingerprint density at radius 1 is 1.27 bits per heavy atom. The van der Waals surface area contributed by atoms with Gasteiger partial charge in [-0.25, -0.2) is 4.39 Å². The molecule has 1 N–H and O–H groups in total. The normalized spacial score (nSPS) is 16.6. The third-order valence-corrected chi connectivity index (χ3v) is 4.21. The number of carbonyl (C=O) groups excluding carboxylic acids is 2. The molecule has 6 heteroatoms. The number of rotatable bonds is 6. The minimum Gasteiger partial charge on any atom is -0.494 e. The SMILES string of the molecule is CCCOc1ccc(N2C[C@H](C(=O)Nc3cccc(F)c3)CC2=O)cc1. The largest absolute Gasteiger partial charge is 0.494 e. The van der Waals surface area contributed by atoms with Crippen LogP contribution in [0.15, 0.2) is 48.5 Å². The second-order valence-electron chi connectivity index (χ2n) is 6.25. The fourth-order valence-corrected chi connectivity index (χ4v) is 2.89. The lowest BCUT2D eigenvalue weighted by atomic mass is 10.1. The molecule has 0 unspecified atom stereocenters. The van der Waals surface area contributed by atoms with Gasteiger partial charge in [0.2, 0.25) is 11.8 Å². The van der Waals surface area contributed by atoms with Crippen LogP contribution in [0, 0.1) is 11.7 Å². The van der Waals surface area contributed by atoms with E-state index in [4.69, 9.17) is 4.74 Å². The van der Waals surface area contributed by atoms with Crippen LogP contribution in [0.1, 0.15) is 19.8 Å². The van der Waals surface area contributed by atoms with Crippen molar-refractivity contribution in [2.24, 2.45) is 5.92 Å². The van der Waals surface area contributed by atoms with Gasteiger partial charge in [0.25, 0.3) is 0 Å². The molecule has 3 rings (SSSR count). The Bertz CT molecular complexity index is 792. The molecule has 0 aromatic heterocycles. The van der Waals surface area contributed by atoms with Crippen LogP contribution < -0.4 is 15.0 Å². The maximum atomic E-state index is 13.2. The zero-order valence-corrected chi connectivity index (χ0v) is 14.6. The maximum absolute atomic E-state index is 13.2. The molecule has 0 spiro atoms. The molecular weight excluding hydrogens is 335 g/mol. The first-order valence-electron chi connectivity index (χ1n) is 8.66. The van der Waals surface area contributed by atoms with Gasteiger partial charge < -0.3 is 15.0 Å². The molecule has 1 saturated heterocycles. The van der Waals surface area contributed by atoms with Gasteiger partial charge in [0.15, 0.2) is 0 Å². The smallest absolute Gasteiger partial charge is 0.229 e. The van der Waals surface area contributed by atoms with Gasteiger partial charge in [-0.05, 0) is 48.9 Å². The molecule has 0 bridgehead atoms. The molecule has 136 valence electrons. The van der Waals surface area contributed by atoms with Crippen molar-refractivity contribution in [1.29, 1.82) is 0 Å². The van der Waals surface area contributed by atoms with Gasteiger partial charge in [0.1, 0.15) is 11.6 Å². The Balaban J connectivity index is 1.63. The second kappa shape index (κ2) is 7.99. The predicted octanol–water partition coefficient (Wildman–Crippen LogP) is 3.61. The number of nitrogens with zero attached hydrogens (tertiary/aromatic N) is 1. The lowest BCUT2D eigenvalue weighted by molar-refractivity contribution is -0.122. The molecule has 2 aromatic carbocycles. The van der Waals surface area contributed by atoms with Crippen molar-refractivity contribution >= 4 is 23.2 Å². The van der Waals surface area contributed by atoms with E-state index in [2.05, 4.69) is 5.32 Å². The van der Waals surface area contributed by atoms with Crippen LogP contribution in [0.2, 0.25) is 0 Å². The lowest BCUT2D eigenvalue weighted by Crippen LogP contribution is -2.28. The summed E-state index contributed by atoms with van der Waals surface area (Å²) in [5.74, 6) is -0.525. The van der Waals surface area contributed by atoms with Crippen molar-refractivity contribution in [1.82, 2.24) is 0 Å². The highest BCUT2D eigenvalue weighted by atomic mass is 19.1. The van der Waals surface area contributed by atoms with Gasteiger partial charge in [0.05, 0.1) is 12.5 Å². The number of halogens is 1. The average molecular weight is 356 g/mol. The molecule has 1 fully saturated rings. The minimum atomic E-state index is -0.471. The molecule has 1 heterocycles. The monoisotopic (exact) mass is 356 g/mol. The molecule has 2 amide bonds. The van der Waals surface area contributed by atoms with Gasteiger partial charge in [-0.15, -0.1) is 0 Å². The van der Waals surface area contributed by atoms with Crippen molar-refractivity contribution < 1.29 is 18.7 Å². The molecule has 26 heavy (non-hydrogen) atoms. The summed E-state index contributed by atoms with van der Waals surface area (Å²) in [5.41, 5.74) is 1.12. The zero-order valence-electron chi connectivity index (χ0n) is 14.6. The summed E-state index contributed by atoms with van der Waals surface area (Å²) in [7, 11) is 0. The molecular formula is C20H21FN2O3. The highest BCUT2D eigenvalue weighted by Gasteiger charge is 2.35. The van der Waals surface area contributed by atoms with Gasteiger partial charge in [0, 0.05) is 24.3 Å². The van der Waals surface area contributed by atoms with Gasteiger partial charge >= 0.3 is 0 Å². The highest BCUT2D eigenvalue weighted by Crippen LogP contribution is 2.27. The van der Waals surface area contributed by atoms with Gasteiger partial charge in [-0.1, -0.05) is 13.0 Å². The van der Waals surface area contributed by atoms with Crippen molar-refractivity contribution in [3.8, 4) is 5.75 Å². The minimum absolute atomic E-state index is 0.105. The van der Waals surface area contributed by atoms with E-state index in [1.54, 1.807) is 11.0 Å². The van der Waals surface area contributed by atoms with Crippen molar-refractivity contribution in [3.05, 3.63) is 54.3 Å². The first-order valence-corrected chi connectivity index (χ1v) is 8.66. The van der Waals surface area contributed by atoms with Crippen LogP contribution in [0.3, 0.4) is 0 Å². The van der Waals surface area contributed by atoms with Crippen LogP contribution in [0.25, 0.3) is 0 Å². The molecule has 5 nitrogen and oxygen atoms in total. The Kier molecular flexibility index (Phi) is 5.51. The van der Waals surface area contributed by atoms with Crippen molar-refractivity contribution in [2.75, 3.05) is 23.4 Å². The first kappa shape index (κ1) is 17.9. The van der Waals surface area contributed by atoms with Gasteiger partial charge in [-0.3, -0.25) is 9.59 Å². The van der Waals surface area contributed by atoms with Crippen LogP contribution >= 0.6 is 0 Å². The average Bonchev–Trinajstić information content (AvgIpc) is 3.02. The van der Waals surface area contributed by atoms with E-state index >= 15 is 0 Å². The quantitative estimate of drug-likeness (QED) is 0.860. The standard InChI is InChI=1S/C20H21FN2O3/c1-2-10-26-18-8-6-17(7-9-18)23-13-14(11-19(23)24)20(25)22-16-5-3-4-15(21)12-16/h3-9,12,14H,2,10-11,13H2,1H3,(H,22,25)/t14-/m1/s1. The summed E-state index contributed by atoms with van der Waals surface area (Å²) in [4.78, 5) is 26.3. The first-order chi connectivity index (χ1) is 12.6. The number of anilines is 2. The summed E-state index contributed by atoms with van der Waals surface area (Å²) in [5, 5.41) is 2.67. The van der Waals surface area contributed by atoms with Crippen molar-refractivity contribution in [2.45, 2.75) is 19.8 Å². The highest BCUT2D eigenvalue weighted by molar-refractivity contribution is 6.03. The summed E-state index contributed by atoms with van der Waals surface area (Å²) >= 11 is 0. The number of hydrogen-bond donors (Lipinski definition) is 1. The predicted molar refractivity (Wildman–Crippen MR) is 97.7 cm³/mol. The number of hydrogen-bond acceptors (Lipinski definition) is 3. The lowest BCUT2D eigenvalue weighted by Gasteiger charge is -2.17. The van der Waals surface area contributed by atoms with Crippen LogP contribution in [0.4, 0.5) is 15.8 Å². The second-order valence-corrected chi connectivity index (χ2v) is 6.25. The fourth-order valence-electron chi connectivity index (χ4n) is 2.89. The number of benzene rings is 2. The number of carbonyl (C=O) groups is 2. The third-order valence-electron chi connectivity index (χ3n) is 4.21. The van der Waals surface area contributed by atoms with E-state index < -0.39 is 11.7 Å². The molecule has 0 aliphatic carbocycles. The van der Waals surface area contributed by atoms with E-state index in [9.17, 15) is 14.0 Å². The Hall–Kier alpha value is -2.89. The maximum Gasteiger partial charge on any atom is 0.229 e.